The van der Waals surface area contributed by atoms with Crippen LogP contribution in [0.1, 0.15) is 11.3 Å². The SMILES string of the molecule is CNCc1occc1CN1CCN(S(C)(=O)=O)CC1. The van der Waals surface area contributed by atoms with Gasteiger partial charge in [0.25, 0.3) is 0 Å². The number of hydrogen-bond acceptors (Lipinski definition) is 5. The van der Waals surface area contributed by atoms with Gasteiger partial charge in [-0.1, -0.05) is 0 Å². The molecule has 0 atom stereocenters. The monoisotopic (exact) mass is 287 g/mol. The maximum atomic E-state index is 11.4. The van der Waals surface area contributed by atoms with Crippen molar-refractivity contribution >= 4 is 10.0 Å². The number of nitrogens with one attached hydrogen (secondary N) is 1. The fourth-order valence-corrected chi connectivity index (χ4v) is 3.11. The molecule has 19 heavy (non-hydrogen) atoms. The Hall–Kier alpha value is -0.890. The van der Waals surface area contributed by atoms with Crippen LogP contribution in [0.4, 0.5) is 0 Å². The van der Waals surface area contributed by atoms with Gasteiger partial charge in [0.15, 0.2) is 0 Å². The Morgan fingerprint density at radius 2 is 2.00 bits per heavy atom. The number of sulfonamides is 1. The van der Waals surface area contributed by atoms with E-state index in [1.165, 1.54) is 16.1 Å². The Bertz CT molecular complexity index is 504. The normalized spacial score (nSPS) is 18.8. The second-order valence-electron chi connectivity index (χ2n) is 4.84. The molecule has 0 saturated carbocycles. The van der Waals surface area contributed by atoms with Crippen LogP contribution in [-0.4, -0.2) is 57.1 Å². The van der Waals surface area contributed by atoms with Gasteiger partial charge in [-0.2, -0.15) is 4.31 Å². The van der Waals surface area contributed by atoms with Crippen molar-refractivity contribution < 1.29 is 12.8 Å². The Morgan fingerprint density at radius 1 is 1.32 bits per heavy atom. The molecule has 108 valence electrons. The van der Waals surface area contributed by atoms with Crippen molar-refractivity contribution in [1.82, 2.24) is 14.5 Å². The van der Waals surface area contributed by atoms with E-state index in [4.69, 9.17) is 4.42 Å². The van der Waals surface area contributed by atoms with Gasteiger partial charge in [-0.05, 0) is 13.1 Å². The van der Waals surface area contributed by atoms with Crippen LogP contribution in [0.25, 0.3) is 0 Å². The molecular formula is C12H21N3O3S. The molecule has 0 aromatic carbocycles. The predicted molar refractivity (Wildman–Crippen MR) is 73.2 cm³/mol. The van der Waals surface area contributed by atoms with Gasteiger partial charge in [-0.3, -0.25) is 4.90 Å². The molecule has 0 spiro atoms. The van der Waals surface area contributed by atoms with E-state index in [0.29, 0.717) is 19.6 Å². The van der Waals surface area contributed by atoms with Crippen molar-refractivity contribution in [2.24, 2.45) is 0 Å². The van der Waals surface area contributed by atoms with E-state index in [-0.39, 0.29) is 0 Å². The van der Waals surface area contributed by atoms with Gasteiger partial charge in [0.2, 0.25) is 10.0 Å². The average molecular weight is 287 g/mol. The lowest BCUT2D eigenvalue weighted by molar-refractivity contribution is 0.181. The maximum absolute atomic E-state index is 11.4. The van der Waals surface area contributed by atoms with Crippen LogP contribution in [0.15, 0.2) is 16.7 Å². The molecule has 7 heteroatoms. The highest BCUT2D eigenvalue weighted by atomic mass is 32.2. The first-order valence-corrected chi connectivity index (χ1v) is 8.23. The summed E-state index contributed by atoms with van der Waals surface area (Å²) in [6.45, 7) is 4.18. The van der Waals surface area contributed by atoms with Crippen molar-refractivity contribution in [3.8, 4) is 0 Å². The molecule has 1 aromatic heterocycles. The summed E-state index contributed by atoms with van der Waals surface area (Å²) in [5, 5.41) is 3.07. The molecular weight excluding hydrogens is 266 g/mol. The number of rotatable bonds is 5. The summed E-state index contributed by atoms with van der Waals surface area (Å²) in [5.41, 5.74) is 1.17. The molecule has 0 bridgehead atoms. The Labute approximate surface area is 114 Å². The maximum Gasteiger partial charge on any atom is 0.211 e. The summed E-state index contributed by atoms with van der Waals surface area (Å²) in [7, 11) is -1.16. The van der Waals surface area contributed by atoms with E-state index in [1.54, 1.807) is 6.26 Å². The van der Waals surface area contributed by atoms with Gasteiger partial charge in [-0.15, -0.1) is 0 Å². The molecule has 2 heterocycles. The van der Waals surface area contributed by atoms with Gasteiger partial charge >= 0.3 is 0 Å². The first kappa shape index (κ1) is 14.5. The van der Waals surface area contributed by atoms with Crippen LogP contribution in [0.3, 0.4) is 0 Å². The summed E-state index contributed by atoms with van der Waals surface area (Å²) >= 11 is 0. The summed E-state index contributed by atoms with van der Waals surface area (Å²) in [5.74, 6) is 0.952. The standard InChI is InChI=1S/C12H21N3O3S/c1-13-9-12-11(3-8-18-12)10-14-4-6-15(7-5-14)19(2,16)17/h3,8,13H,4-7,9-10H2,1-2H3. The van der Waals surface area contributed by atoms with E-state index in [2.05, 4.69) is 10.2 Å². The highest BCUT2D eigenvalue weighted by Crippen LogP contribution is 2.15. The number of furan rings is 1. The van der Waals surface area contributed by atoms with Crippen LogP contribution in [0.2, 0.25) is 0 Å². The lowest BCUT2D eigenvalue weighted by Crippen LogP contribution is -2.47. The zero-order valence-corrected chi connectivity index (χ0v) is 12.2. The molecule has 0 unspecified atom stereocenters. The minimum Gasteiger partial charge on any atom is -0.468 e. The molecule has 2 rings (SSSR count). The van der Waals surface area contributed by atoms with E-state index >= 15 is 0 Å². The zero-order valence-electron chi connectivity index (χ0n) is 11.4. The minimum atomic E-state index is -3.05. The zero-order chi connectivity index (χ0) is 13.9. The lowest BCUT2D eigenvalue weighted by Gasteiger charge is -2.33. The third-order valence-electron chi connectivity index (χ3n) is 3.37. The summed E-state index contributed by atoms with van der Waals surface area (Å²) in [4.78, 5) is 2.26. The third kappa shape index (κ3) is 3.79. The Morgan fingerprint density at radius 3 is 2.58 bits per heavy atom. The lowest BCUT2D eigenvalue weighted by atomic mass is 10.2. The highest BCUT2D eigenvalue weighted by Gasteiger charge is 2.23. The van der Waals surface area contributed by atoms with Crippen LogP contribution in [-0.2, 0) is 23.1 Å². The third-order valence-corrected chi connectivity index (χ3v) is 4.67. The molecule has 0 aliphatic carbocycles. The first-order chi connectivity index (χ1) is 9.00. The predicted octanol–water partition coefficient (Wildman–Crippen LogP) is 0.0762. The van der Waals surface area contributed by atoms with Gasteiger partial charge in [0.1, 0.15) is 5.76 Å². The molecule has 1 aliphatic heterocycles. The van der Waals surface area contributed by atoms with Crippen LogP contribution in [0.5, 0.6) is 0 Å². The van der Waals surface area contributed by atoms with Crippen LogP contribution >= 0.6 is 0 Å². The Kier molecular flexibility index (Phi) is 4.62. The summed E-state index contributed by atoms with van der Waals surface area (Å²) in [6.07, 6.45) is 2.97. The second-order valence-corrected chi connectivity index (χ2v) is 6.82. The van der Waals surface area contributed by atoms with Crippen LogP contribution in [0, 0.1) is 0 Å². The first-order valence-electron chi connectivity index (χ1n) is 6.38. The van der Waals surface area contributed by atoms with Gasteiger partial charge < -0.3 is 9.73 Å². The van der Waals surface area contributed by atoms with Crippen molar-refractivity contribution in [3.05, 3.63) is 23.7 Å². The molecule has 1 fully saturated rings. The van der Waals surface area contributed by atoms with Crippen molar-refractivity contribution in [1.29, 1.82) is 0 Å². The fraction of sp³-hybridized carbons (Fsp3) is 0.667. The van der Waals surface area contributed by atoms with Crippen molar-refractivity contribution in [3.63, 3.8) is 0 Å². The van der Waals surface area contributed by atoms with Gasteiger partial charge in [0, 0.05) is 38.3 Å². The summed E-state index contributed by atoms with van der Waals surface area (Å²) < 4.78 is 29.8. The van der Waals surface area contributed by atoms with Gasteiger partial charge in [-0.25, -0.2) is 8.42 Å². The van der Waals surface area contributed by atoms with E-state index in [1.807, 2.05) is 13.1 Å². The molecule has 1 saturated heterocycles. The molecule has 6 nitrogen and oxygen atoms in total. The second kappa shape index (κ2) is 6.04. The highest BCUT2D eigenvalue weighted by molar-refractivity contribution is 7.88. The molecule has 1 aromatic rings. The van der Waals surface area contributed by atoms with E-state index < -0.39 is 10.0 Å². The van der Waals surface area contributed by atoms with Crippen LogP contribution < -0.4 is 5.32 Å². The van der Waals surface area contributed by atoms with Gasteiger partial charge in [0.05, 0.1) is 19.1 Å². The Balaban J connectivity index is 1.90. The van der Waals surface area contributed by atoms with Crippen molar-refractivity contribution in [2.45, 2.75) is 13.1 Å². The van der Waals surface area contributed by atoms with Crippen molar-refractivity contribution in [2.75, 3.05) is 39.5 Å². The molecule has 0 radical (unpaired) electrons. The largest absolute Gasteiger partial charge is 0.468 e. The number of nitrogens with zero attached hydrogens (tertiary/aromatic N) is 2. The topological polar surface area (TPSA) is 65.8 Å². The minimum absolute atomic E-state index is 0.568. The molecule has 1 aliphatic rings. The smallest absolute Gasteiger partial charge is 0.211 e. The molecule has 1 N–H and O–H groups in total. The number of piperazine rings is 1. The summed E-state index contributed by atoms with van der Waals surface area (Å²) in [6, 6.07) is 1.98. The average Bonchev–Trinajstić information content (AvgIpc) is 2.77. The number of hydrogen-bond donors (Lipinski definition) is 1. The van der Waals surface area contributed by atoms with E-state index in [0.717, 1.165) is 25.4 Å². The quantitative estimate of drug-likeness (QED) is 0.830. The van der Waals surface area contributed by atoms with E-state index in [9.17, 15) is 8.42 Å². The molecule has 0 amide bonds. The fourth-order valence-electron chi connectivity index (χ4n) is 2.28.